The van der Waals surface area contributed by atoms with E-state index < -0.39 is 30.2 Å². The van der Waals surface area contributed by atoms with Gasteiger partial charge in [-0.2, -0.15) is 18.3 Å². The first-order chi connectivity index (χ1) is 10.3. The molecule has 7 nitrogen and oxygen atoms in total. The highest BCUT2D eigenvalue weighted by atomic mass is 19.4. The van der Waals surface area contributed by atoms with Crippen LogP contribution in [0, 0.1) is 0 Å². The molecule has 1 atom stereocenters. The standard InChI is InChI=1S/C12H12F3N5O2/c1-18-9-7(4-17-18)10(21)20(6-16-9)8-2-3-19(11(8)22)5-12(13,14)15/h4,6,8H,2-3,5H2,1H3. The molecular formula is C12H12F3N5O2. The molecule has 2 aromatic heterocycles. The third kappa shape index (κ3) is 2.34. The highest BCUT2D eigenvalue weighted by Gasteiger charge is 2.40. The number of fused-ring (bicyclic) bond motifs is 1. The van der Waals surface area contributed by atoms with Crippen LogP contribution in [-0.2, 0) is 11.8 Å². The van der Waals surface area contributed by atoms with E-state index in [0.717, 1.165) is 4.57 Å². The molecule has 0 aromatic carbocycles. The molecule has 1 saturated heterocycles. The molecule has 118 valence electrons. The normalized spacial score (nSPS) is 19.4. The highest BCUT2D eigenvalue weighted by molar-refractivity contribution is 5.83. The van der Waals surface area contributed by atoms with Crippen molar-refractivity contribution < 1.29 is 18.0 Å². The number of rotatable bonds is 2. The van der Waals surface area contributed by atoms with Gasteiger partial charge in [0.25, 0.3) is 5.56 Å². The number of hydrogen-bond acceptors (Lipinski definition) is 4. The summed E-state index contributed by atoms with van der Waals surface area (Å²) in [6, 6.07) is -0.952. The number of nitrogens with zero attached hydrogens (tertiary/aromatic N) is 5. The molecule has 3 rings (SSSR count). The van der Waals surface area contributed by atoms with Gasteiger partial charge in [0.1, 0.15) is 24.3 Å². The molecule has 0 N–H and O–H groups in total. The van der Waals surface area contributed by atoms with E-state index in [1.165, 1.54) is 17.2 Å². The van der Waals surface area contributed by atoms with Crippen LogP contribution in [0.4, 0.5) is 13.2 Å². The number of aromatic nitrogens is 4. The third-order valence-electron chi connectivity index (χ3n) is 3.65. The maximum absolute atomic E-state index is 12.4. The van der Waals surface area contributed by atoms with Gasteiger partial charge >= 0.3 is 6.18 Å². The van der Waals surface area contributed by atoms with Gasteiger partial charge in [-0.05, 0) is 6.42 Å². The summed E-state index contributed by atoms with van der Waals surface area (Å²) in [4.78, 5) is 29.2. The second-order valence-corrected chi connectivity index (χ2v) is 5.14. The van der Waals surface area contributed by atoms with Crippen LogP contribution in [0.2, 0.25) is 0 Å². The number of halogens is 3. The van der Waals surface area contributed by atoms with E-state index >= 15 is 0 Å². The Morgan fingerprint density at radius 2 is 2.09 bits per heavy atom. The van der Waals surface area contributed by atoms with E-state index in [0.29, 0.717) is 10.5 Å². The summed E-state index contributed by atoms with van der Waals surface area (Å²) in [6.45, 7) is -1.35. The van der Waals surface area contributed by atoms with Crippen molar-refractivity contribution in [3.63, 3.8) is 0 Å². The quantitative estimate of drug-likeness (QED) is 0.807. The fraction of sp³-hybridized carbons (Fsp3) is 0.500. The van der Waals surface area contributed by atoms with Crippen molar-refractivity contribution in [3.8, 4) is 0 Å². The molecule has 1 unspecified atom stereocenters. The van der Waals surface area contributed by atoms with Crippen molar-refractivity contribution in [1.29, 1.82) is 0 Å². The molecule has 0 bridgehead atoms. The summed E-state index contributed by atoms with van der Waals surface area (Å²) < 4.78 is 39.7. The predicted octanol–water partition coefficient (Wildman–Crippen LogP) is 0.466. The van der Waals surface area contributed by atoms with Crippen LogP contribution < -0.4 is 5.56 Å². The Kier molecular flexibility index (Phi) is 3.18. The highest BCUT2D eigenvalue weighted by Crippen LogP contribution is 2.26. The SMILES string of the molecule is Cn1ncc2c(=O)n(C3CCN(CC(F)(F)F)C3=O)cnc21. The largest absolute Gasteiger partial charge is 0.406 e. The molecule has 0 saturated carbocycles. The Morgan fingerprint density at radius 1 is 1.36 bits per heavy atom. The van der Waals surface area contributed by atoms with Gasteiger partial charge in [-0.15, -0.1) is 0 Å². The van der Waals surface area contributed by atoms with Crippen LogP contribution in [0.3, 0.4) is 0 Å². The van der Waals surface area contributed by atoms with E-state index in [4.69, 9.17) is 0 Å². The minimum Gasteiger partial charge on any atom is -0.332 e. The second-order valence-electron chi connectivity index (χ2n) is 5.14. The molecule has 0 spiro atoms. The zero-order chi connectivity index (χ0) is 16.1. The van der Waals surface area contributed by atoms with Crippen molar-refractivity contribution in [1.82, 2.24) is 24.2 Å². The van der Waals surface area contributed by atoms with Gasteiger partial charge in [0, 0.05) is 13.6 Å². The van der Waals surface area contributed by atoms with Crippen molar-refractivity contribution in [2.75, 3.05) is 13.1 Å². The lowest BCUT2D eigenvalue weighted by atomic mass is 10.2. The predicted molar refractivity (Wildman–Crippen MR) is 69.1 cm³/mol. The first kappa shape index (κ1) is 14.5. The molecular weight excluding hydrogens is 303 g/mol. The van der Waals surface area contributed by atoms with Crippen molar-refractivity contribution in [2.24, 2.45) is 7.05 Å². The van der Waals surface area contributed by atoms with Crippen LogP contribution in [-0.4, -0.2) is 49.4 Å². The number of hydrogen-bond donors (Lipinski definition) is 0. The van der Waals surface area contributed by atoms with Crippen molar-refractivity contribution in [2.45, 2.75) is 18.6 Å². The first-order valence-corrected chi connectivity index (χ1v) is 6.52. The van der Waals surface area contributed by atoms with Crippen LogP contribution in [0.15, 0.2) is 17.3 Å². The topological polar surface area (TPSA) is 73.0 Å². The monoisotopic (exact) mass is 315 g/mol. The molecule has 3 heterocycles. The Bertz CT molecular complexity index is 794. The zero-order valence-electron chi connectivity index (χ0n) is 11.5. The van der Waals surface area contributed by atoms with Crippen LogP contribution in [0.5, 0.6) is 0 Å². The van der Waals surface area contributed by atoms with Crippen LogP contribution in [0.25, 0.3) is 11.0 Å². The Balaban J connectivity index is 1.94. The van der Waals surface area contributed by atoms with Crippen LogP contribution in [0.1, 0.15) is 12.5 Å². The molecule has 0 aliphatic carbocycles. The molecule has 1 amide bonds. The maximum Gasteiger partial charge on any atom is 0.406 e. The Morgan fingerprint density at radius 3 is 2.77 bits per heavy atom. The summed E-state index contributed by atoms with van der Waals surface area (Å²) in [7, 11) is 1.62. The average molecular weight is 315 g/mol. The molecule has 1 aliphatic heterocycles. The zero-order valence-corrected chi connectivity index (χ0v) is 11.5. The molecule has 1 fully saturated rings. The molecule has 2 aromatic rings. The maximum atomic E-state index is 12.4. The van der Waals surface area contributed by atoms with Gasteiger partial charge in [-0.1, -0.05) is 0 Å². The van der Waals surface area contributed by atoms with E-state index in [-0.39, 0.29) is 18.4 Å². The van der Waals surface area contributed by atoms with Gasteiger partial charge < -0.3 is 4.90 Å². The van der Waals surface area contributed by atoms with Gasteiger partial charge in [0.05, 0.1) is 6.20 Å². The number of likely N-dealkylation sites (tertiary alicyclic amines) is 1. The smallest absolute Gasteiger partial charge is 0.332 e. The molecule has 22 heavy (non-hydrogen) atoms. The number of carbonyl (C=O) groups excluding carboxylic acids is 1. The minimum atomic E-state index is -4.46. The summed E-state index contributed by atoms with van der Waals surface area (Å²) >= 11 is 0. The van der Waals surface area contributed by atoms with Crippen molar-refractivity contribution >= 4 is 16.9 Å². The Labute approximate surface area is 121 Å². The average Bonchev–Trinajstić information content (AvgIpc) is 2.95. The third-order valence-corrected chi connectivity index (χ3v) is 3.65. The summed E-state index contributed by atoms with van der Waals surface area (Å²) in [6.07, 6.45) is -1.80. The summed E-state index contributed by atoms with van der Waals surface area (Å²) in [5, 5.41) is 4.13. The van der Waals surface area contributed by atoms with E-state index in [1.807, 2.05) is 0 Å². The summed E-state index contributed by atoms with van der Waals surface area (Å²) in [5.74, 6) is -0.718. The van der Waals surface area contributed by atoms with E-state index in [9.17, 15) is 22.8 Å². The molecule has 1 aliphatic rings. The van der Waals surface area contributed by atoms with Crippen LogP contribution >= 0.6 is 0 Å². The Hall–Kier alpha value is -2.39. The fourth-order valence-electron chi connectivity index (χ4n) is 2.62. The first-order valence-electron chi connectivity index (χ1n) is 6.52. The molecule has 10 heteroatoms. The lowest BCUT2D eigenvalue weighted by molar-refractivity contribution is -0.158. The minimum absolute atomic E-state index is 0.0411. The fourth-order valence-corrected chi connectivity index (χ4v) is 2.62. The van der Waals surface area contributed by atoms with Crippen molar-refractivity contribution in [3.05, 3.63) is 22.9 Å². The number of carbonyl (C=O) groups is 1. The van der Waals surface area contributed by atoms with Gasteiger partial charge in [-0.3, -0.25) is 18.8 Å². The summed E-state index contributed by atoms with van der Waals surface area (Å²) in [5.41, 5.74) is -0.121. The van der Waals surface area contributed by atoms with Gasteiger partial charge in [0.2, 0.25) is 5.91 Å². The molecule has 0 radical (unpaired) electrons. The lowest BCUT2D eigenvalue weighted by Crippen LogP contribution is -2.38. The number of amides is 1. The number of aryl methyl sites for hydroxylation is 1. The van der Waals surface area contributed by atoms with E-state index in [2.05, 4.69) is 10.1 Å². The number of alkyl halides is 3. The van der Waals surface area contributed by atoms with Gasteiger partial charge in [-0.25, -0.2) is 4.98 Å². The lowest BCUT2D eigenvalue weighted by Gasteiger charge is -2.18. The van der Waals surface area contributed by atoms with E-state index in [1.54, 1.807) is 7.05 Å². The second kappa shape index (κ2) is 4.82. The van der Waals surface area contributed by atoms with Gasteiger partial charge in [0.15, 0.2) is 5.65 Å².